The van der Waals surface area contributed by atoms with Crippen LogP contribution >= 0.6 is 0 Å². The lowest BCUT2D eigenvalue weighted by Gasteiger charge is -2.14. The van der Waals surface area contributed by atoms with Crippen LogP contribution in [-0.2, 0) is 11.3 Å². The van der Waals surface area contributed by atoms with Crippen molar-refractivity contribution >= 4 is 5.91 Å². The van der Waals surface area contributed by atoms with Gasteiger partial charge in [-0.2, -0.15) is 5.26 Å². The monoisotopic (exact) mass is 262 g/mol. The molecule has 1 amide bonds. The number of nitriles is 1. The van der Waals surface area contributed by atoms with E-state index in [2.05, 4.69) is 5.32 Å². The standard InChI is InChI=1S/C15H19FN2O/c1-9(2)13(7-17)15(19)18-8-12-5-10(3)14(16)11(4)6-12/h5-6,9,13H,8H2,1-4H3,(H,18,19). The third kappa shape index (κ3) is 3.78. The van der Waals surface area contributed by atoms with E-state index >= 15 is 0 Å². The molecule has 1 atom stereocenters. The summed E-state index contributed by atoms with van der Waals surface area (Å²) in [6.45, 7) is 7.37. The summed E-state index contributed by atoms with van der Waals surface area (Å²) in [5.74, 6) is -1.17. The Bertz CT molecular complexity index is 494. The van der Waals surface area contributed by atoms with Crippen molar-refractivity contribution in [3.63, 3.8) is 0 Å². The molecule has 4 heteroatoms. The average molecular weight is 262 g/mol. The number of amides is 1. The molecule has 0 saturated heterocycles. The topological polar surface area (TPSA) is 52.9 Å². The lowest BCUT2D eigenvalue weighted by molar-refractivity contribution is -0.124. The molecule has 1 N–H and O–H groups in total. The average Bonchev–Trinajstić information content (AvgIpc) is 2.33. The summed E-state index contributed by atoms with van der Waals surface area (Å²) in [4.78, 5) is 11.8. The summed E-state index contributed by atoms with van der Waals surface area (Å²) in [7, 11) is 0. The quantitative estimate of drug-likeness (QED) is 0.907. The normalized spacial score (nSPS) is 12.1. The van der Waals surface area contributed by atoms with E-state index in [0.29, 0.717) is 17.7 Å². The van der Waals surface area contributed by atoms with Crippen LogP contribution in [0.4, 0.5) is 4.39 Å². The van der Waals surface area contributed by atoms with Gasteiger partial charge < -0.3 is 5.32 Å². The summed E-state index contributed by atoms with van der Waals surface area (Å²) in [5.41, 5.74) is 1.96. The first-order chi connectivity index (χ1) is 8.86. The number of carbonyl (C=O) groups is 1. The molecule has 19 heavy (non-hydrogen) atoms. The molecule has 3 nitrogen and oxygen atoms in total. The van der Waals surface area contributed by atoms with Crippen LogP contribution in [0.5, 0.6) is 0 Å². The largest absolute Gasteiger partial charge is 0.351 e. The van der Waals surface area contributed by atoms with Crippen LogP contribution in [0.2, 0.25) is 0 Å². The van der Waals surface area contributed by atoms with E-state index in [-0.39, 0.29) is 17.6 Å². The molecule has 1 aromatic carbocycles. The van der Waals surface area contributed by atoms with Gasteiger partial charge in [-0.05, 0) is 36.5 Å². The van der Waals surface area contributed by atoms with Gasteiger partial charge in [0, 0.05) is 6.54 Å². The molecule has 0 aliphatic heterocycles. The van der Waals surface area contributed by atoms with E-state index in [9.17, 15) is 9.18 Å². The Hall–Kier alpha value is -1.89. The fourth-order valence-electron chi connectivity index (χ4n) is 1.95. The van der Waals surface area contributed by atoms with Crippen LogP contribution in [0.25, 0.3) is 0 Å². The molecule has 102 valence electrons. The van der Waals surface area contributed by atoms with Crippen molar-refractivity contribution < 1.29 is 9.18 Å². The van der Waals surface area contributed by atoms with Gasteiger partial charge in [0.2, 0.25) is 5.91 Å². The van der Waals surface area contributed by atoms with Crippen LogP contribution in [0.1, 0.15) is 30.5 Å². The number of halogens is 1. The van der Waals surface area contributed by atoms with Crippen molar-refractivity contribution in [1.82, 2.24) is 5.32 Å². The van der Waals surface area contributed by atoms with Gasteiger partial charge in [0.15, 0.2) is 0 Å². The molecule has 1 aromatic rings. The van der Waals surface area contributed by atoms with Crippen molar-refractivity contribution in [2.45, 2.75) is 34.2 Å². The summed E-state index contributed by atoms with van der Waals surface area (Å²) in [6.07, 6.45) is 0. The van der Waals surface area contributed by atoms with Crippen molar-refractivity contribution in [2.24, 2.45) is 11.8 Å². The Morgan fingerprint density at radius 3 is 2.32 bits per heavy atom. The van der Waals surface area contributed by atoms with Crippen molar-refractivity contribution in [1.29, 1.82) is 5.26 Å². The first kappa shape index (κ1) is 15.2. The highest BCUT2D eigenvalue weighted by Gasteiger charge is 2.21. The van der Waals surface area contributed by atoms with E-state index < -0.39 is 5.92 Å². The second-order valence-corrected chi connectivity index (χ2v) is 5.11. The van der Waals surface area contributed by atoms with Gasteiger partial charge in [0.05, 0.1) is 6.07 Å². The van der Waals surface area contributed by atoms with E-state index in [1.54, 1.807) is 26.0 Å². The maximum Gasteiger partial charge on any atom is 0.237 e. The first-order valence-corrected chi connectivity index (χ1v) is 6.29. The Morgan fingerprint density at radius 2 is 1.89 bits per heavy atom. The smallest absolute Gasteiger partial charge is 0.237 e. The summed E-state index contributed by atoms with van der Waals surface area (Å²) in [6, 6.07) is 5.41. The minimum absolute atomic E-state index is 0.0262. The van der Waals surface area contributed by atoms with Gasteiger partial charge in [0.1, 0.15) is 11.7 Å². The predicted octanol–water partition coefficient (Wildman–Crippen LogP) is 2.85. The maximum absolute atomic E-state index is 13.5. The fraction of sp³-hybridized carbons (Fsp3) is 0.467. The summed E-state index contributed by atoms with van der Waals surface area (Å²) in [5, 5.41) is 11.6. The van der Waals surface area contributed by atoms with E-state index in [0.717, 1.165) is 5.56 Å². The van der Waals surface area contributed by atoms with Crippen LogP contribution in [-0.4, -0.2) is 5.91 Å². The number of carbonyl (C=O) groups excluding carboxylic acids is 1. The molecule has 0 spiro atoms. The van der Waals surface area contributed by atoms with Crippen LogP contribution in [0, 0.1) is 42.8 Å². The van der Waals surface area contributed by atoms with Crippen LogP contribution in [0.3, 0.4) is 0 Å². The summed E-state index contributed by atoms with van der Waals surface area (Å²) < 4.78 is 13.5. The molecule has 0 saturated carbocycles. The lowest BCUT2D eigenvalue weighted by Crippen LogP contribution is -2.32. The number of nitrogens with one attached hydrogen (secondary N) is 1. The van der Waals surface area contributed by atoms with Gasteiger partial charge >= 0.3 is 0 Å². The molecule has 0 aliphatic rings. The van der Waals surface area contributed by atoms with Crippen LogP contribution < -0.4 is 5.32 Å². The number of rotatable bonds is 4. The minimum Gasteiger partial charge on any atom is -0.351 e. The second-order valence-electron chi connectivity index (χ2n) is 5.11. The highest BCUT2D eigenvalue weighted by molar-refractivity contribution is 5.81. The molecular formula is C15H19FN2O. The van der Waals surface area contributed by atoms with Gasteiger partial charge in [-0.3, -0.25) is 4.79 Å². The Labute approximate surface area is 113 Å². The first-order valence-electron chi connectivity index (χ1n) is 6.29. The molecule has 0 radical (unpaired) electrons. The van der Waals surface area contributed by atoms with Gasteiger partial charge in [0.25, 0.3) is 0 Å². The van der Waals surface area contributed by atoms with E-state index in [4.69, 9.17) is 5.26 Å². The Balaban J connectivity index is 2.73. The van der Waals surface area contributed by atoms with Gasteiger partial charge in [-0.1, -0.05) is 26.0 Å². The molecule has 1 unspecified atom stereocenters. The third-order valence-corrected chi connectivity index (χ3v) is 3.05. The minimum atomic E-state index is -0.650. The van der Waals surface area contributed by atoms with Crippen molar-refractivity contribution in [3.05, 3.63) is 34.6 Å². The third-order valence-electron chi connectivity index (χ3n) is 3.05. The number of hydrogen-bond acceptors (Lipinski definition) is 2. The lowest BCUT2D eigenvalue weighted by atomic mass is 9.96. The van der Waals surface area contributed by atoms with E-state index in [1.165, 1.54) is 0 Å². The fourth-order valence-corrected chi connectivity index (χ4v) is 1.95. The number of hydrogen-bond donors (Lipinski definition) is 1. The second kappa shape index (κ2) is 6.33. The molecule has 1 rings (SSSR count). The molecule has 0 aromatic heterocycles. The van der Waals surface area contributed by atoms with E-state index in [1.807, 2.05) is 19.9 Å². The number of nitrogens with zero attached hydrogens (tertiary/aromatic N) is 1. The zero-order valence-electron chi connectivity index (χ0n) is 11.7. The van der Waals surface area contributed by atoms with Gasteiger partial charge in [-0.15, -0.1) is 0 Å². The summed E-state index contributed by atoms with van der Waals surface area (Å²) >= 11 is 0. The number of benzene rings is 1. The molecule has 0 aliphatic carbocycles. The zero-order valence-corrected chi connectivity index (χ0v) is 11.7. The highest BCUT2D eigenvalue weighted by Crippen LogP contribution is 2.15. The molecular weight excluding hydrogens is 243 g/mol. The molecule has 0 heterocycles. The Kier molecular flexibility index (Phi) is 5.05. The molecule has 0 bridgehead atoms. The molecule has 0 fully saturated rings. The number of aryl methyl sites for hydroxylation is 2. The maximum atomic E-state index is 13.5. The predicted molar refractivity (Wildman–Crippen MR) is 71.7 cm³/mol. The SMILES string of the molecule is Cc1cc(CNC(=O)C(C#N)C(C)C)cc(C)c1F. The van der Waals surface area contributed by atoms with Crippen molar-refractivity contribution in [2.75, 3.05) is 0 Å². The zero-order chi connectivity index (χ0) is 14.6. The Morgan fingerprint density at radius 1 is 1.37 bits per heavy atom. The highest BCUT2D eigenvalue weighted by atomic mass is 19.1. The van der Waals surface area contributed by atoms with Crippen molar-refractivity contribution in [3.8, 4) is 6.07 Å². The van der Waals surface area contributed by atoms with Crippen LogP contribution in [0.15, 0.2) is 12.1 Å². The van der Waals surface area contributed by atoms with Gasteiger partial charge in [-0.25, -0.2) is 4.39 Å².